The van der Waals surface area contributed by atoms with Crippen LogP contribution in [0.5, 0.6) is 0 Å². The second kappa shape index (κ2) is 10.4. The molecular weight excluding hydrogens is 681 g/mol. The van der Waals surface area contributed by atoms with Gasteiger partial charge in [-0.25, -0.2) is 0 Å². The van der Waals surface area contributed by atoms with Gasteiger partial charge in [-0.1, -0.05) is 91.0 Å². The van der Waals surface area contributed by atoms with Gasteiger partial charge in [0.25, 0.3) is 0 Å². The minimum atomic E-state index is 0.113. The number of furan rings is 1. The summed E-state index contributed by atoms with van der Waals surface area (Å²) in [6.45, 7) is 0. The highest BCUT2D eigenvalue weighted by Gasteiger charge is 2.77. The molecule has 0 amide bonds. The molecule has 4 saturated carbocycles. The Kier molecular flexibility index (Phi) is 5.61. The first-order valence-electron chi connectivity index (χ1n) is 20.7. The first-order chi connectivity index (χ1) is 27.7. The van der Waals surface area contributed by atoms with Crippen LogP contribution in [0, 0.1) is 29.1 Å². The fraction of sp³-hybridized carbons (Fsp3) is 0.208. The van der Waals surface area contributed by atoms with Gasteiger partial charge in [0.05, 0.1) is 16.7 Å². The van der Waals surface area contributed by atoms with Gasteiger partial charge in [-0.05, 0) is 139 Å². The van der Waals surface area contributed by atoms with E-state index in [2.05, 4.69) is 167 Å². The maximum atomic E-state index is 6.55. The average molecular weight is 721 g/mol. The van der Waals surface area contributed by atoms with Crippen LogP contribution in [0.4, 0.5) is 17.1 Å². The summed E-state index contributed by atoms with van der Waals surface area (Å²) in [4.78, 5) is 2.52. The Balaban J connectivity index is 0.998. The number of nitrogens with zero attached hydrogens (tertiary/aromatic N) is 2. The fourth-order valence-electron chi connectivity index (χ4n) is 13.9. The number of para-hydroxylation sites is 3. The van der Waals surface area contributed by atoms with Crippen LogP contribution in [0.15, 0.2) is 162 Å². The largest absolute Gasteiger partial charge is 0.456 e. The highest BCUT2D eigenvalue weighted by molar-refractivity contribution is 6.09. The van der Waals surface area contributed by atoms with Crippen molar-refractivity contribution in [3.63, 3.8) is 0 Å². The number of fused-ring (bicyclic) bond motifs is 15. The molecule has 5 aliphatic rings. The number of hydrogen-bond donors (Lipinski definition) is 0. The lowest BCUT2D eigenvalue weighted by molar-refractivity contribution is -0.0193. The van der Waals surface area contributed by atoms with E-state index in [0.29, 0.717) is 5.41 Å². The third-order valence-electron chi connectivity index (χ3n) is 15.7. The van der Waals surface area contributed by atoms with Crippen LogP contribution in [-0.2, 0) is 5.41 Å². The first kappa shape index (κ1) is 30.2. The smallest absolute Gasteiger partial charge is 0.137 e. The Bertz CT molecular complexity index is 3080. The zero-order chi connectivity index (χ0) is 36.3. The van der Waals surface area contributed by atoms with Crippen molar-refractivity contribution < 1.29 is 4.42 Å². The number of benzene rings is 7. The summed E-state index contributed by atoms with van der Waals surface area (Å²) < 4.78 is 8.97. The first-order valence-corrected chi connectivity index (χ1v) is 20.7. The normalized spacial score (nSPS) is 26.4. The van der Waals surface area contributed by atoms with Crippen LogP contribution in [0.25, 0.3) is 60.6 Å². The van der Waals surface area contributed by atoms with Crippen LogP contribution >= 0.6 is 0 Å². The van der Waals surface area contributed by atoms with Gasteiger partial charge >= 0.3 is 0 Å². The Morgan fingerprint density at radius 2 is 1.21 bits per heavy atom. The Labute approximate surface area is 325 Å². The minimum Gasteiger partial charge on any atom is -0.456 e. The maximum absolute atomic E-state index is 6.55. The van der Waals surface area contributed by atoms with Crippen molar-refractivity contribution in [2.24, 2.45) is 29.1 Å². The summed E-state index contributed by atoms with van der Waals surface area (Å²) in [6.07, 6.45) is 7.18. The molecule has 6 unspecified atom stereocenters. The molecule has 5 aliphatic carbocycles. The zero-order valence-electron chi connectivity index (χ0n) is 31.2. The summed E-state index contributed by atoms with van der Waals surface area (Å²) in [5.74, 6) is 3.34. The van der Waals surface area contributed by atoms with Crippen LogP contribution < -0.4 is 4.90 Å². The summed E-state index contributed by atoms with van der Waals surface area (Å²) in [6, 6.07) is 58.9. The van der Waals surface area contributed by atoms with Gasteiger partial charge in [0, 0.05) is 55.7 Å². The number of hydrogen-bond acceptors (Lipinski definition) is 2. The Hall–Kier alpha value is -6.06. The highest BCUT2D eigenvalue weighted by Crippen LogP contribution is 2.83. The van der Waals surface area contributed by atoms with Crippen molar-refractivity contribution in [3.8, 4) is 16.8 Å². The lowest BCUT2D eigenvalue weighted by Gasteiger charge is -2.54. The molecule has 3 nitrogen and oxygen atoms in total. The molecule has 268 valence electrons. The number of anilines is 3. The molecule has 9 aromatic rings. The molecule has 2 aromatic heterocycles. The standard InChI is InChI=1S/C53H40N2O/c1-5-14-43-42(13-1)51-44(53(43)34-27-32-26-33-28-50(53)52(33,30-32)31-34)15-9-18-47(51)54(37-24-25-41-40-12-4-8-19-48(40)56-49(41)29-37)35-20-22-36(23-21-35)55-45-16-6-2-10-38(45)39-11-3-7-17-46(39)55/h1-25,29,32-34,50H,26-28,30-31H2. The van der Waals surface area contributed by atoms with Gasteiger partial charge in [-0.3, -0.25) is 0 Å². The van der Waals surface area contributed by atoms with Crippen LogP contribution in [0.1, 0.15) is 43.2 Å². The van der Waals surface area contributed by atoms with Crippen LogP contribution in [-0.4, -0.2) is 4.57 Å². The molecule has 0 aliphatic heterocycles. The SMILES string of the molecule is c1ccc2c(c1)-c1c(N(c3ccc(-n4c5ccccc5c5ccccc54)cc3)c3ccc4c(c3)oc3ccccc34)cccc1C21C2CC3CC4CC1C4(C3)C2. The molecule has 2 heterocycles. The van der Waals surface area contributed by atoms with Gasteiger partial charge in [-0.15, -0.1) is 0 Å². The molecule has 0 saturated heterocycles. The summed E-state index contributed by atoms with van der Waals surface area (Å²) in [5, 5.41) is 4.87. The molecule has 0 radical (unpaired) electrons. The lowest BCUT2D eigenvalue weighted by atomic mass is 9.49. The van der Waals surface area contributed by atoms with E-state index < -0.39 is 0 Å². The van der Waals surface area contributed by atoms with Gasteiger partial charge < -0.3 is 13.9 Å². The molecule has 7 aromatic carbocycles. The zero-order valence-corrected chi connectivity index (χ0v) is 31.2. The number of rotatable bonds is 4. The van der Waals surface area contributed by atoms with E-state index in [1.165, 1.54) is 70.7 Å². The average Bonchev–Trinajstić information content (AvgIpc) is 3.96. The van der Waals surface area contributed by atoms with Crippen LogP contribution in [0.2, 0.25) is 0 Å². The van der Waals surface area contributed by atoms with E-state index in [4.69, 9.17) is 4.42 Å². The fourth-order valence-corrected chi connectivity index (χ4v) is 13.9. The molecule has 4 fully saturated rings. The maximum Gasteiger partial charge on any atom is 0.137 e. The van der Waals surface area contributed by atoms with Crippen molar-refractivity contribution in [2.75, 3.05) is 4.90 Å². The molecule has 6 atom stereocenters. The Morgan fingerprint density at radius 1 is 0.536 bits per heavy atom. The molecule has 56 heavy (non-hydrogen) atoms. The van der Waals surface area contributed by atoms with E-state index in [-0.39, 0.29) is 5.41 Å². The minimum absolute atomic E-state index is 0.113. The van der Waals surface area contributed by atoms with E-state index in [9.17, 15) is 0 Å². The molecule has 0 N–H and O–H groups in total. The molecule has 3 heteroatoms. The quantitative estimate of drug-likeness (QED) is 0.180. The van der Waals surface area contributed by atoms with Crippen LogP contribution in [0.3, 0.4) is 0 Å². The van der Waals surface area contributed by atoms with Crippen molar-refractivity contribution in [1.82, 2.24) is 4.57 Å². The van der Waals surface area contributed by atoms with Gasteiger partial charge in [-0.2, -0.15) is 0 Å². The van der Waals surface area contributed by atoms with E-state index in [1.807, 2.05) is 0 Å². The second-order valence-electron chi connectivity index (χ2n) is 17.8. The monoisotopic (exact) mass is 720 g/mol. The summed E-state index contributed by atoms with van der Waals surface area (Å²) in [7, 11) is 0. The van der Waals surface area contributed by atoms with Gasteiger partial charge in [0.15, 0.2) is 0 Å². The molecule has 2 spiro atoms. The van der Waals surface area contributed by atoms with Crippen molar-refractivity contribution >= 4 is 60.8 Å². The third kappa shape index (κ3) is 3.53. The Morgan fingerprint density at radius 3 is 2.05 bits per heavy atom. The predicted molar refractivity (Wildman–Crippen MR) is 228 cm³/mol. The van der Waals surface area contributed by atoms with Crippen molar-refractivity contribution in [3.05, 3.63) is 169 Å². The van der Waals surface area contributed by atoms with Gasteiger partial charge in [0.2, 0.25) is 0 Å². The highest BCUT2D eigenvalue weighted by atomic mass is 16.3. The summed E-state index contributed by atoms with van der Waals surface area (Å²) >= 11 is 0. The predicted octanol–water partition coefficient (Wildman–Crippen LogP) is 13.9. The second-order valence-corrected chi connectivity index (χ2v) is 17.8. The number of aromatic nitrogens is 1. The molecule has 3 bridgehead atoms. The van der Waals surface area contributed by atoms with Crippen molar-refractivity contribution in [2.45, 2.75) is 37.5 Å². The lowest BCUT2D eigenvalue weighted by Crippen LogP contribution is -2.50. The van der Waals surface area contributed by atoms with E-state index in [0.717, 1.165) is 62.7 Å². The molecular formula is C53H40N2O. The van der Waals surface area contributed by atoms with E-state index in [1.54, 1.807) is 11.1 Å². The van der Waals surface area contributed by atoms with Crippen molar-refractivity contribution in [1.29, 1.82) is 0 Å². The topological polar surface area (TPSA) is 21.3 Å². The third-order valence-corrected chi connectivity index (χ3v) is 15.7. The summed E-state index contributed by atoms with van der Waals surface area (Å²) in [5.41, 5.74) is 15.7. The van der Waals surface area contributed by atoms with E-state index >= 15 is 0 Å². The molecule has 14 rings (SSSR count). The van der Waals surface area contributed by atoms with Gasteiger partial charge in [0.1, 0.15) is 11.2 Å².